The van der Waals surface area contributed by atoms with Gasteiger partial charge in [0.2, 0.25) is 5.91 Å². The number of benzene rings is 3. The molecular weight excluding hydrogens is 554 g/mol. The van der Waals surface area contributed by atoms with Crippen molar-refractivity contribution in [2.75, 3.05) is 19.5 Å². The molecule has 3 aromatic rings. The van der Waals surface area contributed by atoms with E-state index in [1.165, 1.54) is 57.7 Å². The summed E-state index contributed by atoms with van der Waals surface area (Å²) < 4.78 is 41.6. The van der Waals surface area contributed by atoms with Crippen LogP contribution < -0.4 is 24.4 Å². The Labute approximate surface area is 216 Å². The topological polar surface area (TPSA) is 132 Å². The van der Waals surface area contributed by atoms with E-state index in [4.69, 9.17) is 13.7 Å². The van der Waals surface area contributed by atoms with Crippen molar-refractivity contribution in [2.45, 2.75) is 11.8 Å². The summed E-state index contributed by atoms with van der Waals surface area (Å²) in [7, 11) is -1.32. The Morgan fingerprint density at radius 1 is 0.972 bits per heavy atom. The second-order valence-corrected chi connectivity index (χ2v) is 9.61. The summed E-state index contributed by atoms with van der Waals surface area (Å²) in [6.07, 6.45) is 1.37. The number of nitrogens with one attached hydrogen (secondary N) is 2. The Morgan fingerprint density at radius 3 is 2.22 bits per heavy atom. The van der Waals surface area contributed by atoms with Gasteiger partial charge in [-0.2, -0.15) is 13.5 Å². The van der Waals surface area contributed by atoms with Crippen molar-refractivity contribution in [3.05, 3.63) is 76.3 Å². The van der Waals surface area contributed by atoms with Gasteiger partial charge in [0, 0.05) is 18.2 Å². The Hall–Kier alpha value is -3.90. The fourth-order valence-electron chi connectivity index (χ4n) is 2.93. The normalized spacial score (nSPS) is 11.1. The molecule has 0 bridgehead atoms. The number of anilines is 1. The molecule has 3 rings (SSSR count). The van der Waals surface area contributed by atoms with Gasteiger partial charge in [-0.3, -0.25) is 9.59 Å². The summed E-state index contributed by atoms with van der Waals surface area (Å²) in [6, 6.07) is 15.1. The molecule has 0 saturated carbocycles. The highest BCUT2D eigenvalue weighted by atomic mass is 79.9. The number of ether oxygens (including phenoxy) is 2. The molecule has 0 saturated heterocycles. The van der Waals surface area contributed by atoms with Crippen molar-refractivity contribution >= 4 is 49.8 Å². The van der Waals surface area contributed by atoms with Gasteiger partial charge in [0.05, 0.1) is 24.9 Å². The molecule has 2 amide bonds. The monoisotopic (exact) mass is 575 g/mol. The molecule has 0 aliphatic heterocycles. The number of halogens is 1. The molecule has 0 aliphatic carbocycles. The zero-order valence-corrected chi connectivity index (χ0v) is 21.8. The summed E-state index contributed by atoms with van der Waals surface area (Å²) in [5.74, 6) is -0.0260. The van der Waals surface area contributed by atoms with E-state index in [1.807, 2.05) is 0 Å². The Kier molecular flexibility index (Phi) is 8.67. The minimum atomic E-state index is -4.21. The molecular formula is C24H22BrN3O7S. The van der Waals surface area contributed by atoms with Gasteiger partial charge in [-0.25, -0.2) is 5.43 Å². The third kappa shape index (κ3) is 6.83. The van der Waals surface area contributed by atoms with Crippen LogP contribution in [-0.2, 0) is 14.9 Å². The molecule has 2 N–H and O–H groups in total. The molecule has 0 spiro atoms. The molecule has 0 aliphatic rings. The smallest absolute Gasteiger partial charge is 0.339 e. The first-order valence-corrected chi connectivity index (χ1v) is 12.5. The van der Waals surface area contributed by atoms with Crippen LogP contribution in [0.2, 0.25) is 0 Å². The Bertz CT molecular complexity index is 1390. The number of hydrazone groups is 1. The van der Waals surface area contributed by atoms with E-state index >= 15 is 0 Å². The minimum Gasteiger partial charge on any atom is -0.497 e. The van der Waals surface area contributed by atoms with E-state index in [9.17, 15) is 18.0 Å². The van der Waals surface area contributed by atoms with Crippen LogP contribution in [0.3, 0.4) is 0 Å². The van der Waals surface area contributed by atoms with Gasteiger partial charge in [0.15, 0.2) is 11.5 Å². The van der Waals surface area contributed by atoms with Crippen LogP contribution in [0.4, 0.5) is 5.69 Å². The van der Waals surface area contributed by atoms with Gasteiger partial charge in [0.25, 0.3) is 5.91 Å². The maximum Gasteiger partial charge on any atom is 0.339 e. The molecule has 0 atom stereocenters. The van der Waals surface area contributed by atoms with Crippen LogP contribution in [0, 0.1) is 0 Å². The van der Waals surface area contributed by atoms with Crippen molar-refractivity contribution in [3.8, 4) is 17.2 Å². The van der Waals surface area contributed by atoms with Gasteiger partial charge in [-0.15, -0.1) is 0 Å². The van der Waals surface area contributed by atoms with Crippen LogP contribution in [0.25, 0.3) is 0 Å². The third-order valence-electron chi connectivity index (χ3n) is 4.64. The standard InChI is InChI=1S/C24H22BrN3O7S/c1-15(29)27-18-6-10-20(11-7-18)36(31,32)35-23-21(25)12-16(13-22(23)34-3)14-26-28-24(30)17-4-8-19(33-2)9-5-17/h4-14H,1-3H3,(H,27,29)(H,28,30)/b26-14-. The summed E-state index contributed by atoms with van der Waals surface area (Å²) in [5.41, 5.74) is 3.75. The molecule has 0 aromatic heterocycles. The van der Waals surface area contributed by atoms with E-state index in [0.717, 1.165) is 0 Å². The van der Waals surface area contributed by atoms with E-state index in [1.54, 1.807) is 30.3 Å². The predicted octanol–water partition coefficient (Wildman–Crippen LogP) is 3.96. The highest BCUT2D eigenvalue weighted by Gasteiger charge is 2.22. The average molecular weight is 576 g/mol. The van der Waals surface area contributed by atoms with E-state index in [0.29, 0.717) is 22.6 Å². The lowest BCUT2D eigenvalue weighted by atomic mass is 10.2. The van der Waals surface area contributed by atoms with E-state index in [2.05, 4.69) is 31.8 Å². The van der Waals surface area contributed by atoms with Crippen LogP contribution in [0.15, 0.2) is 75.1 Å². The van der Waals surface area contributed by atoms with Crippen molar-refractivity contribution in [2.24, 2.45) is 5.10 Å². The molecule has 3 aromatic carbocycles. The highest BCUT2D eigenvalue weighted by Crippen LogP contribution is 2.38. The quantitative estimate of drug-likeness (QED) is 0.224. The minimum absolute atomic E-state index is 0.0668. The second-order valence-electron chi connectivity index (χ2n) is 7.20. The van der Waals surface area contributed by atoms with Gasteiger partial charge >= 0.3 is 10.1 Å². The molecule has 12 heteroatoms. The molecule has 0 radical (unpaired) electrons. The average Bonchev–Trinajstić information content (AvgIpc) is 2.85. The number of hydrogen-bond acceptors (Lipinski definition) is 8. The van der Waals surface area contributed by atoms with Crippen LogP contribution in [0.5, 0.6) is 17.2 Å². The Balaban J connectivity index is 1.75. The van der Waals surface area contributed by atoms with Crippen molar-refractivity contribution in [3.63, 3.8) is 0 Å². The van der Waals surface area contributed by atoms with E-state index < -0.39 is 16.0 Å². The summed E-state index contributed by atoms with van der Waals surface area (Å²) in [6.45, 7) is 1.35. The fraction of sp³-hybridized carbons (Fsp3) is 0.125. The highest BCUT2D eigenvalue weighted by molar-refractivity contribution is 9.10. The van der Waals surface area contributed by atoms with Gasteiger partial charge in [-0.05, 0) is 82.2 Å². The first kappa shape index (κ1) is 26.7. The first-order valence-electron chi connectivity index (χ1n) is 10.3. The zero-order valence-electron chi connectivity index (χ0n) is 19.4. The first-order chi connectivity index (χ1) is 17.1. The van der Waals surface area contributed by atoms with Gasteiger partial charge in [0.1, 0.15) is 10.6 Å². The second kappa shape index (κ2) is 11.7. The lowest BCUT2D eigenvalue weighted by molar-refractivity contribution is -0.114. The number of rotatable bonds is 9. The van der Waals surface area contributed by atoms with Crippen LogP contribution in [0.1, 0.15) is 22.8 Å². The molecule has 188 valence electrons. The van der Waals surface area contributed by atoms with Crippen molar-refractivity contribution in [1.82, 2.24) is 5.43 Å². The number of amides is 2. The summed E-state index contributed by atoms with van der Waals surface area (Å²) in [4.78, 5) is 23.3. The number of methoxy groups -OCH3 is 2. The summed E-state index contributed by atoms with van der Waals surface area (Å²) >= 11 is 3.30. The van der Waals surface area contributed by atoms with Crippen LogP contribution in [-0.4, -0.2) is 40.7 Å². The molecule has 0 unspecified atom stereocenters. The maximum absolute atomic E-state index is 12.8. The summed E-state index contributed by atoms with van der Waals surface area (Å²) in [5, 5.41) is 6.49. The zero-order chi connectivity index (χ0) is 26.3. The van der Waals surface area contributed by atoms with Gasteiger partial charge in [-0.1, -0.05) is 0 Å². The number of hydrogen-bond donors (Lipinski definition) is 2. The van der Waals surface area contributed by atoms with E-state index in [-0.39, 0.29) is 26.8 Å². The molecule has 0 fully saturated rings. The largest absolute Gasteiger partial charge is 0.497 e. The SMILES string of the molecule is COc1ccc(C(=O)N/N=C\c2cc(Br)c(OS(=O)(=O)c3ccc(NC(C)=O)cc3)c(OC)c2)cc1. The van der Waals surface area contributed by atoms with Crippen molar-refractivity contribution < 1.29 is 31.7 Å². The van der Waals surface area contributed by atoms with Gasteiger partial charge < -0.3 is 19.0 Å². The fourth-order valence-corrected chi connectivity index (χ4v) is 4.54. The molecule has 0 heterocycles. The number of carbonyl (C=O) groups excluding carboxylic acids is 2. The third-order valence-corrected chi connectivity index (χ3v) is 6.46. The van der Waals surface area contributed by atoms with Crippen LogP contribution >= 0.6 is 15.9 Å². The number of nitrogens with zero attached hydrogens (tertiary/aromatic N) is 1. The number of carbonyl (C=O) groups is 2. The molecule has 36 heavy (non-hydrogen) atoms. The lowest BCUT2D eigenvalue weighted by Gasteiger charge is -2.13. The Morgan fingerprint density at radius 2 is 1.64 bits per heavy atom. The predicted molar refractivity (Wildman–Crippen MR) is 137 cm³/mol. The maximum atomic E-state index is 12.8. The van der Waals surface area contributed by atoms with Crippen molar-refractivity contribution in [1.29, 1.82) is 0 Å². The molecule has 10 nitrogen and oxygen atoms in total. The lowest BCUT2D eigenvalue weighted by Crippen LogP contribution is -2.17.